The van der Waals surface area contributed by atoms with Crippen molar-refractivity contribution in [2.45, 2.75) is 51.8 Å². The minimum Gasteiger partial charge on any atom is -0.444 e. The summed E-state index contributed by atoms with van der Waals surface area (Å²) in [5.74, 6) is -0.385. The van der Waals surface area contributed by atoms with Gasteiger partial charge in [-0.15, -0.1) is 0 Å². The molecule has 7 nitrogen and oxygen atoms in total. The van der Waals surface area contributed by atoms with Crippen LogP contribution in [0.2, 0.25) is 0 Å². The summed E-state index contributed by atoms with van der Waals surface area (Å²) < 4.78 is 5.38. The first-order chi connectivity index (χ1) is 12.2. The van der Waals surface area contributed by atoms with Gasteiger partial charge < -0.3 is 15.4 Å². The molecule has 0 spiro atoms. The highest BCUT2D eigenvalue weighted by Gasteiger charge is 2.36. The van der Waals surface area contributed by atoms with Gasteiger partial charge in [-0.2, -0.15) is 0 Å². The number of nitrogens with zero attached hydrogens (tertiary/aromatic N) is 1. The fourth-order valence-corrected chi connectivity index (χ4v) is 2.85. The summed E-state index contributed by atoms with van der Waals surface area (Å²) in [5, 5.41) is 5.42. The molecule has 7 heteroatoms. The molecule has 0 aromatic heterocycles. The van der Waals surface area contributed by atoms with Crippen LogP contribution in [-0.4, -0.2) is 48.0 Å². The Kier molecular flexibility index (Phi) is 6.23. The van der Waals surface area contributed by atoms with E-state index in [-0.39, 0.29) is 11.8 Å². The number of carbonyl (C=O) groups is 3. The molecule has 142 valence electrons. The van der Waals surface area contributed by atoms with Crippen molar-refractivity contribution in [3.63, 3.8) is 0 Å². The van der Waals surface area contributed by atoms with Crippen molar-refractivity contribution in [3.8, 4) is 0 Å². The molecule has 3 amide bonds. The molecular formula is C19H27N3O4. The fraction of sp³-hybridized carbons (Fsp3) is 0.526. The average molecular weight is 361 g/mol. The van der Waals surface area contributed by atoms with Gasteiger partial charge in [-0.05, 0) is 51.3 Å². The second kappa shape index (κ2) is 8.21. The second-order valence-electron chi connectivity index (χ2n) is 7.33. The normalized spacial score (nSPS) is 16.9. The Hall–Kier alpha value is -2.57. The maximum Gasteiger partial charge on any atom is 0.410 e. The molecule has 1 aliphatic heterocycles. The summed E-state index contributed by atoms with van der Waals surface area (Å²) in [7, 11) is 1.57. The van der Waals surface area contributed by atoms with E-state index in [1.54, 1.807) is 46.0 Å². The molecule has 1 heterocycles. The lowest BCUT2D eigenvalue weighted by atomic mass is 10.1. The van der Waals surface area contributed by atoms with Crippen LogP contribution < -0.4 is 10.6 Å². The summed E-state index contributed by atoms with van der Waals surface area (Å²) in [6.07, 6.45) is 0.920. The molecule has 0 bridgehead atoms. The molecule has 2 rings (SSSR count). The number of carbonyl (C=O) groups excluding carboxylic acids is 3. The first-order valence-electron chi connectivity index (χ1n) is 8.79. The van der Waals surface area contributed by atoms with Gasteiger partial charge >= 0.3 is 6.09 Å². The monoisotopic (exact) mass is 361 g/mol. The molecular weight excluding hydrogens is 334 g/mol. The molecule has 0 aliphatic carbocycles. The van der Waals surface area contributed by atoms with Crippen LogP contribution >= 0.6 is 0 Å². The Morgan fingerprint density at radius 3 is 2.65 bits per heavy atom. The standard InChI is InChI=1S/C19H27N3O4/c1-19(2,3)26-18(25)22-10-6-9-15(22)17(24)21-12-13-7-5-8-14(11-13)16(23)20-4/h5,7-8,11,15H,6,9-10,12H2,1-4H3,(H,20,23)(H,21,24)/t15-/m0/s1. The second-order valence-corrected chi connectivity index (χ2v) is 7.33. The third kappa shape index (κ3) is 5.21. The molecule has 1 atom stereocenters. The summed E-state index contributed by atoms with van der Waals surface area (Å²) >= 11 is 0. The van der Waals surface area contributed by atoms with Crippen molar-refractivity contribution >= 4 is 17.9 Å². The summed E-state index contributed by atoms with van der Waals surface area (Å²) in [5.41, 5.74) is 0.762. The Balaban J connectivity index is 1.96. The first kappa shape index (κ1) is 19.8. The number of likely N-dealkylation sites (tertiary alicyclic amines) is 1. The van der Waals surface area contributed by atoms with Gasteiger partial charge in [0.1, 0.15) is 11.6 Å². The van der Waals surface area contributed by atoms with Crippen LogP contribution in [0.5, 0.6) is 0 Å². The van der Waals surface area contributed by atoms with Crippen molar-refractivity contribution in [3.05, 3.63) is 35.4 Å². The zero-order chi connectivity index (χ0) is 19.3. The van der Waals surface area contributed by atoms with Crippen LogP contribution in [0, 0.1) is 0 Å². The number of hydrogen-bond acceptors (Lipinski definition) is 4. The lowest BCUT2D eigenvalue weighted by molar-refractivity contribution is -0.125. The average Bonchev–Trinajstić information content (AvgIpc) is 3.07. The zero-order valence-electron chi connectivity index (χ0n) is 15.8. The fourth-order valence-electron chi connectivity index (χ4n) is 2.85. The third-order valence-corrected chi connectivity index (χ3v) is 4.07. The van der Waals surface area contributed by atoms with Crippen LogP contribution in [0.25, 0.3) is 0 Å². The molecule has 26 heavy (non-hydrogen) atoms. The van der Waals surface area contributed by atoms with E-state index >= 15 is 0 Å². The molecule has 1 aromatic carbocycles. The Morgan fingerprint density at radius 2 is 2.00 bits per heavy atom. The van der Waals surface area contributed by atoms with Gasteiger partial charge in [-0.3, -0.25) is 14.5 Å². The molecule has 0 radical (unpaired) electrons. The van der Waals surface area contributed by atoms with Crippen LogP contribution in [0.15, 0.2) is 24.3 Å². The van der Waals surface area contributed by atoms with Gasteiger partial charge in [-0.1, -0.05) is 12.1 Å². The number of rotatable bonds is 4. The summed E-state index contributed by atoms with van der Waals surface area (Å²) in [6, 6.07) is 6.54. The van der Waals surface area contributed by atoms with Crippen molar-refractivity contribution in [2.24, 2.45) is 0 Å². The highest BCUT2D eigenvalue weighted by atomic mass is 16.6. The molecule has 1 fully saturated rings. The first-order valence-corrected chi connectivity index (χ1v) is 8.79. The smallest absolute Gasteiger partial charge is 0.410 e. The van der Waals surface area contributed by atoms with Gasteiger partial charge in [-0.25, -0.2) is 4.79 Å². The predicted molar refractivity (Wildman–Crippen MR) is 97.6 cm³/mol. The van der Waals surface area contributed by atoms with E-state index in [1.807, 2.05) is 6.07 Å². The molecule has 1 aliphatic rings. The van der Waals surface area contributed by atoms with Crippen LogP contribution in [0.3, 0.4) is 0 Å². The molecule has 0 saturated carbocycles. The van der Waals surface area contributed by atoms with Crippen LogP contribution in [0.1, 0.15) is 49.5 Å². The van der Waals surface area contributed by atoms with Crippen molar-refractivity contribution in [1.29, 1.82) is 0 Å². The lowest BCUT2D eigenvalue weighted by Gasteiger charge is -2.28. The predicted octanol–water partition coefficient (Wildman–Crippen LogP) is 2.06. The minimum atomic E-state index is -0.596. The van der Waals surface area contributed by atoms with Crippen molar-refractivity contribution in [1.82, 2.24) is 15.5 Å². The summed E-state index contributed by atoms with van der Waals surface area (Å²) in [4.78, 5) is 38.0. The molecule has 1 aromatic rings. The topological polar surface area (TPSA) is 87.7 Å². The van der Waals surface area contributed by atoms with Crippen molar-refractivity contribution < 1.29 is 19.1 Å². The Labute approximate surface area is 154 Å². The molecule has 0 unspecified atom stereocenters. The van der Waals surface area contributed by atoms with Gasteiger partial charge in [0.05, 0.1) is 0 Å². The SMILES string of the molecule is CNC(=O)c1cccc(CNC(=O)[C@@H]2CCCN2C(=O)OC(C)(C)C)c1. The van der Waals surface area contributed by atoms with Gasteiger partial charge in [0.25, 0.3) is 5.91 Å². The quantitative estimate of drug-likeness (QED) is 0.859. The number of nitrogens with one attached hydrogen (secondary N) is 2. The van der Waals surface area contributed by atoms with Crippen molar-refractivity contribution in [2.75, 3.05) is 13.6 Å². The van der Waals surface area contributed by atoms with E-state index < -0.39 is 17.7 Å². The Morgan fingerprint density at radius 1 is 1.27 bits per heavy atom. The number of ether oxygens (including phenoxy) is 1. The third-order valence-electron chi connectivity index (χ3n) is 4.07. The van der Waals surface area contributed by atoms with E-state index in [0.717, 1.165) is 12.0 Å². The summed E-state index contributed by atoms with van der Waals surface area (Å²) in [6.45, 7) is 6.21. The number of amides is 3. The van der Waals surface area contributed by atoms with E-state index in [2.05, 4.69) is 10.6 Å². The maximum absolute atomic E-state index is 12.5. The number of hydrogen-bond donors (Lipinski definition) is 2. The number of benzene rings is 1. The largest absolute Gasteiger partial charge is 0.444 e. The van der Waals surface area contributed by atoms with Gasteiger partial charge in [0, 0.05) is 25.7 Å². The van der Waals surface area contributed by atoms with Crippen LogP contribution in [-0.2, 0) is 16.1 Å². The van der Waals surface area contributed by atoms with E-state index in [1.165, 1.54) is 4.90 Å². The zero-order valence-corrected chi connectivity index (χ0v) is 15.8. The Bertz CT molecular complexity index is 682. The molecule has 1 saturated heterocycles. The lowest BCUT2D eigenvalue weighted by Crippen LogP contribution is -2.47. The van der Waals surface area contributed by atoms with Gasteiger partial charge in [0.15, 0.2) is 0 Å². The van der Waals surface area contributed by atoms with Crippen LogP contribution in [0.4, 0.5) is 4.79 Å². The van der Waals surface area contributed by atoms with E-state index in [9.17, 15) is 14.4 Å². The van der Waals surface area contributed by atoms with E-state index in [0.29, 0.717) is 25.1 Å². The van der Waals surface area contributed by atoms with Gasteiger partial charge in [0.2, 0.25) is 5.91 Å². The molecule has 2 N–H and O–H groups in total. The maximum atomic E-state index is 12.5. The van der Waals surface area contributed by atoms with E-state index in [4.69, 9.17) is 4.74 Å². The highest BCUT2D eigenvalue weighted by Crippen LogP contribution is 2.21. The minimum absolute atomic E-state index is 0.176. The highest BCUT2D eigenvalue weighted by molar-refractivity contribution is 5.94.